The van der Waals surface area contributed by atoms with E-state index in [2.05, 4.69) is 10.3 Å². The van der Waals surface area contributed by atoms with Gasteiger partial charge < -0.3 is 16.3 Å². The van der Waals surface area contributed by atoms with Gasteiger partial charge in [0, 0.05) is 37.4 Å². The zero-order chi connectivity index (χ0) is 19.6. The fraction of sp³-hybridized carbons (Fsp3) is 0.667. The van der Waals surface area contributed by atoms with Crippen LogP contribution in [0.25, 0.3) is 0 Å². The number of aromatic nitrogens is 1. The first-order valence-electron chi connectivity index (χ1n) is 8.32. The Morgan fingerprint density at radius 2 is 2.12 bits per heavy atom. The SMILES string of the molecule is CC(C)(CC(N)=O)C(=O)[N+]([O-])(C1CCCNCC1)S(=O)(=O)c1nccs1. The van der Waals surface area contributed by atoms with Gasteiger partial charge in [-0.3, -0.25) is 4.79 Å². The molecule has 2 heterocycles. The molecule has 1 aromatic rings. The summed E-state index contributed by atoms with van der Waals surface area (Å²) >= 11 is 0.794. The highest BCUT2D eigenvalue weighted by atomic mass is 32.2. The lowest BCUT2D eigenvalue weighted by Gasteiger charge is -2.46. The molecule has 2 unspecified atom stereocenters. The summed E-state index contributed by atoms with van der Waals surface area (Å²) in [6.45, 7) is 3.82. The fourth-order valence-electron chi connectivity index (χ4n) is 3.20. The average Bonchev–Trinajstić information content (AvgIpc) is 2.95. The maximum atomic E-state index is 13.8. The molecule has 0 radical (unpaired) electrons. The highest BCUT2D eigenvalue weighted by Gasteiger charge is 2.55. The van der Waals surface area contributed by atoms with Crippen LogP contribution in [0.2, 0.25) is 0 Å². The fourth-order valence-corrected chi connectivity index (χ4v) is 6.04. The molecule has 1 saturated heterocycles. The number of carbonyl (C=O) groups excluding carboxylic acids is 2. The van der Waals surface area contributed by atoms with Crippen molar-refractivity contribution in [3.8, 4) is 0 Å². The Morgan fingerprint density at radius 3 is 2.69 bits per heavy atom. The molecule has 0 aromatic carbocycles. The van der Waals surface area contributed by atoms with Crippen LogP contribution in [-0.4, -0.2) is 48.4 Å². The van der Waals surface area contributed by atoms with Crippen molar-refractivity contribution >= 4 is 33.2 Å². The monoisotopic (exact) mass is 404 g/mol. The summed E-state index contributed by atoms with van der Waals surface area (Å²) < 4.78 is 23.9. The first-order valence-corrected chi connectivity index (χ1v) is 10.6. The van der Waals surface area contributed by atoms with E-state index in [1.807, 2.05) is 0 Å². The lowest BCUT2D eigenvalue weighted by molar-refractivity contribution is -0.709. The molecule has 1 aliphatic heterocycles. The number of rotatable bonds is 6. The average molecular weight is 405 g/mol. The van der Waals surface area contributed by atoms with E-state index in [1.165, 1.54) is 25.4 Å². The van der Waals surface area contributed by atoms with Gasteiger partial charge in [-0.25, -0.2) is 9.78 Å². The molecule has 146 valence electrons. The number of hydroxylamine groups is 2. The Hall–Kier alpha value is -1.40. The van der Waals surface area contributed by atoms with Gasteiger partial charge >= 0.3 is 15.9 Å². The maximum Gasteiger partial charge on any atom is 0.361 e. The molecule has 2 rings (SSSR count). The van der Waals surface area contributed by atoms with Gasteiger partial charge in [-0.15, -0.1) is 11.3 Å². The van der Waals surface area contributed by atoms with E-state index in [0.717, 1.165) is 11.3 Å². The Balaban J connectivity index is 2.58. The molecule has 11 heteroatoms. The van der Waals surface area contributed by atoms with Crippen molar-refractivity contribution in [3.63, 3.8) is 0 Å². The van der Waals surface area contributed by atoms with Gasteiger partial charge in [0.1, 0.15) is 6.04 Å². The predicted octanol–water partition coefficient (Wildman–Crippen LogP) is 0.717. The van der Waals surface area contributed by atoms with Crippen molar-refractivity contribution in [1.29, 1.82) is 0 Å². The lowest BCUT2D eigenvalue weighted by Crippen LogP contribution is -2.62. The standard InChI is InChI=1S/C15H24N4O5S2/c1-15(2,10-12(16)20)13(21)19(22,11-4-3-6-17-7-5-11)26(23,24)14-18-8-9-25-14/h8-9,11,17H,3-7,10H2,1-2H3,(H2,16,20). The van der Waals surface area contributed by atoms with Crippen molar-refractivity contribution < 1.29 is 22.1 Å². The van der Waals surface area contributed by atoms with Crippen LogP contribution < -0.4 is 11.1 Å². The number of hydrogen-bond acceptors (Lipinski definition) is 8. The summed E-state index contributed by atoms with van der Waals surface area (Å²) in [6.07, 6.45) is 1.94. The lowest BCUT2D eigenvalue weighted by atomic mass is 9.87. The smallest absolute Gasteiger partial charge is 0.361 e. The number of hydrogen-bond donors (Lipinski definition) is 2. The zero-order valence-corrected chi connectivity index (χ0v) is 16.4. The van der Waals surface area contributed by atoms with Crippen molar-refractivity contribution in [1.82, 2.24) is 10.3 Å². The van der Waals surface area contributed by atoms with Crippen LogP contribution >= 0.6 is 11.3 Å². The number of nitrogens with one attached hydrogen (secondary N) is 1. The van der Waals surface area contributed by atoms with Gasteiger partial charge in [0.25, 0.3) is 4.34 Å². The molecule has 1 aromatic heterocycles. The van der Waals surface area contributed by atoms with Gasteiger partial charge in [-0.2, -0.15) is 12.5 Å². The van der Waals surface area contributed by atoms with Gasteiger partial charge in [0.05, 0.1) is 5.41 Å². The Labute approximate surface area is 156 Å². The van der Waals surface area contributed by atoms with Crippen LogP contribution in [-0.2, 0) is 19.6 Å². The van der Waals surface area contributed by atoms with Crippen LogP contribution in [0.4, 0.5) is 0 Å². The molecule has 3 N–H and O–H groups in total. The second-order valence-electron chi connectivity index (χ2n) is 7.04. The molecule has 1 fully saturated rings. The molecule has 0 bridgehead atoms. The van der Waals surface area contributed by atoms with Crippen LogP contribution in [0.3, 0.4) is 0 Å². The van der Waals surface area contributed by atoms with Gasteiger partial charge in [0.2, 0.25) is 5.91 Å². The van der Waals surface area contributed by atoms with Crippen molar-refractivity contribution in [2.45, 2.75) is 49.9 Å². The molecule has 0 saturated carbocycles. The molecular weight excluding hydrogens is 380 g/mol. The summed E-state index contributed by atoms with van der Waals surface area (Å²) in [6, 6.07) is -0.974. The van der Waals surface area contributed by atoms with E-state index in [-0.39, 0.29) is 12.8 Å². The summed E-state index contributed by atoms with van der Waals surface area (Å²) in [5.41, 5.74) is 3.68. The molecular formula is C15H24N4O5S2. The van der Waals surface area contributed by atoms with Gasteiger partial charge in [-0.05, 0) is 26.8 Å². The van der Waals surface area contributed by atoms with E-state index in [1.54, 1.807) is 0 Å². The molecule has 9 nitrogen and oxygen atoms in total. The zero-order valence-electron chi connectivity index (χ0n) is 14.8. The molecule has 1 aliphatic rings. The Bertz CT molecular complexity index is 755. The number of thiazole rings is 1. The Morgan fingerprint density at radius 1 is 1.42 bits per heavy atom. The van der Waals surface area contributed by atoms with Crippen LogP contribution in [0, 0.1) is 10.6 Å². The third kappa shape index (κ3) is 3.81. The third-order valence-electron chi connectivity index (χ3n) is 4.49. The Kier molecular flexibility index (Phi) is 6.18. The van der Waals surface area contributed by atoms with Crippen LogP contribution in [0.15, 0.2) is 15.9 Å². The molecule has 26 heavy (non-hydrogen) atoms. The summed E-state index contributed by atoms with van der Waals surface area (Å²) in [4.78, 5) is 28.3. The second-order valence-corrected chi connectivity index (χ2v) is 10.1. The summed E-state index contributed by atoms with van der Waals surface area (Å²) in [5.74, 6) is -1.86. The van der Waals surface area contributed by atoms with Gasteiger partial charge in [-0.1, -0.05) is 0 Å². The predicted molar refractivity (Wildman–Crippen MR) is 96.0 cm³/mol. The number of primary amides is 1. The van der Waals surface area contributed by atoms with E-state index in [4.69, 9.17) is 5.73 Å². The van der Waals surface area contributed by atoms with Crippen LogP contribution in [0.5, 0.6) is 0 Å². The first-order chi connectivity index (χ1) is 12.0. The number of sulfonamides is 1. The number of nitrogens with two attached hydrogens (primary N) is 1. The largest absolute Gasteiger partial charge is 0.608 e. The van der Waals surface area contributed by atoms with E-state index in [9.17, 15) is 23.2 Å². The topological polar surface area (TPSA) is 142 Å². The molecule has 0 aliphatic carbocycles. The quantitative estimate of drug-likeness (QED) is 0.525. The summed E-state index contributed by atoms with van der Waals surface area (Å²) in [5, 5.41) is 18.4. The van der Waals surface area contributed by atoms with Crippen LogP contribution in [0.1, 0.15) is 39.5 Å². The summed E-state index contributed by atoms with van der Waals surface area (Å²) in [7, 11) is -4.63. The number of quaternary nitrogens is 1. The van der Waals surface area contributed by atoms with E-state index in [0.29, 0.717) is 19.5 Å². The van der Waals surface area contributed by atoms with Crippen molar-refractivity contribution in [2.24, 2.45) is 11.1 Å². The highest BCUT2D eigenvalue weighted by Crippen LogP contribution is 2.38. The molecule has 2 amide bonds. The minimum Gasteiger partial charge on any atom is -0.608 e. The highest BCUT2D eigenvalue weighted by molar-refractivity contribution is 7.88. The molecule has 0 spiro atoms. The first kappa shape index (κ1) is 20.9. The minimum atomic E-state index is -4.63. The number of nitrogens with zero attached hydrogens (tertiary/aromatic N) is 2. The number of carbonyl (C=O) groups is 2. The van der Waals surface area contributed by atoms with Crippen molar-refractivity contribution in [3.05, 3.63) is 16.8 Å². The van der Waals surface area contributed by atoms with Crippen molar-refractivity contribution in [2.75, 3.05) is 13.1 Å². The van der Waals surface area contributed by atoms with E-state index >= 15 is 0 Å². The second kappa shape index (κ2) is 7.69. The molecule has 2 atom stereocenters. The van der Waals surface area contributed by atoms with E-state index < -0.39 is 48.1 Å². The normalized spacial score (nSPS) is 21.6. The third-order valence-corrected chi connectivity index (χ3v) is 7.70. The number of amides is 2. The minimum absolute atomic E-state index is 0.229. The van der Waals surface area contributed by atoms with Gasteiger partial charge in [0.15, 0.2) is 0 Å². The maximum absolute atomic E-state index is 13.8.